The number of hydrogen-bond acceptors (Lipinski definition) is 4. The number of fused-ring (bicyclic) bond motifs is 1. The topological polar surface area (TPSA) is 71.1 Å². The van der Waals surface area contributed by atoms with Crippen LogP contribution < -0.4 is 10.6 Å². The van der Waals surface area contributed by atoms with Crippen molar-refractivity contribution in [1.29, 1.82) is 0 Å². The molecular weight excluding hydrogens is 394 g/mol. The van der Waals surface area contributed by atoms with E-state index in [1.165, 1.54) is 16.3 Å². The number of rotatable bonds is 7. The van der Waals surface area contributed by atoms with Gasteiger partial charge in [0.05, 0.1) is 6.04 Å². The van der Waals surface area contributed by atoms with E-state index in [0.717, 1.165) is 23.5 Å². The molecule has 2 N–H and O–H groups in total. The van der Waals surface area contributed by atoms with E-state index in [2.05, 4.69) is 45.9 Å². The number of nitrogens with zero attached hydrogens (tertiary/aromatic N) is 1. The predicted molar refractivity (Wildman–Crippen MR) is 120 cm³/mol. The van der Waals surface area contributed by atoms with Gasteiger partial charge in [0.1, 0.15) is 5.01 Å². The molecule has 1 aliphatic heterocycles. The summed E-state index contributed by atoms with van der Waals surface area (Å²) in [5.74, 6) is 0.0669. The number of hydrogen-bond donors (Lipinski definition) is 2. The van der Waals surface area contributed by atoms with E-state index >= 15 is 0 Å². The first-order valence-corrected chi connectivity index (χ1v) is 11.3. The zero-order valence-corrected chi connectivity index (χ0v) is 18.2. The number of carbonyl (C=O) groups excluding carboxylic acids is 2. The van der Waals surface area contributed by atoms with Gasteiger partial charge in [-0.3, -0.25) is 9.59 Å². The van der Waals surface area contributed by atoms with Gasteiger partial charge in [-0.05, 0) is 49.4 Å². The fourth-order valence-electron chi connectivity index (χ4n) is 4.22. The molecule has 2 atom stereocenters. The zero-order chi connectivity index (χ0) is 21.1. The number of aryl methyl sites for hydroxylation is 1. The van der Waals surface area contributed by atoms with E-state index in [0.29, 0.717) is 19.3 Å². The third kappa shape index (κ3) is 4.70. The van der Waals surface area contributed by atoms with Crippen LogP contribution in [0.3, 0.4) is 0 Å². The summed E-state index contributed by atoms with van der Waals surface area (Å²) >= 11 is 1.56. The smallest absolute Gasteiger partial charge is 0.220 e. The van der Waals surface area contributed by atoms with E-state index < -0.39 is 0 Å². The normalized spacial score (nSPS) is 19.6. The molecule has 0 bridgehead atoms. The second-order valence-electron chi connectivity index (χ2n) is 8.30. The van der Waals surface area contributed by atoms with Crippen LogP contribution in [0.2, 0.25) is 0 Å². The van der Waals surface area contributed by atoms with E-state index in [9.17, 15) is 9.59 Å². The highest BCUT2D eigenvalue weighted by Crippen LogP contribution is 2.31. The summed E-state index contributed by atoms with van der Waals surface area (Å²) in [6.45, 7) is 3.91. The maximum atomic E-state index is 12.6. The summed E-state index contributed by atoms with van der Waals surface area (Å²) in [6.07, 6.45) is 3.01. The molecular formula is C24H27N3O2S. The number of nitrogens with one attached hydrogen (secondary N) is 2. The van der Waals surface area contributed by atoms with Crippen LogP contribution in [0.5, 0.6) is 0 Å². The van der Waals surface area contributed by atoms with Crippen molar-refractivity contribution in [2.45, 2.75) is 57.5 Å². The Balaban J connectivity index is 1.42. The molecule has 4 rings (SSSR count). The second-order valence-corrected chi connectivity index (χ2v) is 9.19. The van der Waals surface area contributed by atoms with Crippen LogP contribution in [0.1, 0.15) is 54.9 Å². The third-order valence-electron chi connectivity index (χ3n) is 5.81. The van der Waals surface area contributed by atoms with Gasteiger partial charge in [-0.25, -0.2) is 4.98 Å². The van der Waals surface area contributed by atoms with Crippen molar-refractivity contribution in [1.82, 2.24) is 15.6 Å². The lowest BCUT2D eigenvalue weighted by molar-refractivity contribution is -0.123. The molecule has 0 radical (unpaired) electrons. The van der Waals surface area contributed by atoms with E-state index in [1.807, 2.05) is 31.4 Å². The average molecular weight is 422 g/mol. The van der Waals surface area contributed by atoms with Crippen molar-refractivity contribution in [2.24, 2.45) is 0 Å². The SMILES string of the molecule is Cc1csc([C@H](C)NC(=O)CC[C@]2(Cc3ccc4ccccc4c3)CCC(=O)N2)n1. The lowest BCUT2D eigenvalue weighted by Crippen LogP contribution is -2.44. The molecule has 1 aliphatic rings. The number of benzene rings is 2. The van der Waals surface area contributed by atoms with Crippen LogP contribution >= 0.6 is 11.3 Å². The third-order valence-corrected chi connectivity index (χ3v) is 6.95. The Kier molecular flexibility index (Phi) is 5.86. The molecule has 2 amide bonds. The van der Waals surface area contributed by atoms with Crippen molar-refractivity contribution >= 4 is 33.9 Å². The molecule has 0 spiro atoms. The van der Waals surface area contributed by atoms with Gasteiger partial charge >= 0.3 is 0 Å². The van der Waals surface area contributed by atoms with Crippen molar-refractivity contribution < 1.29 is 9.59 Å². The summed E-state index contributed by atoms with van der Waals surface area (Å²) in [5.41, 5.74) is 1.79. The minimum Gasteiger partial charge on any atom is -0.350 e. The molecule has 2 aromatic carbocycles. The molecule has 3 aromatic rings. The van der Waals surface area contributed by atoms with Gasteiger partial charge in [0.25, 0.3) is 0 Å². The molecule has 1 fully saturated rings. The monoisotopic (exact) mass is 421 g/mol. The number of carbonyl (C=O) groups is 2. The Morgan fingerprint density at radius 1 is 1.27 bits per heavy atom. The van der Waals surface area contributed by atoms with Crippen LogP contribution in [0.4, 0.5) is 0 Å². The highest BCUT2D eigenvalue weighted by atomic mass is 32.1. The molecule has 5 nitrogen and oxygen atoms in total. The zero-order valence-electron chi connectivity index (χ0n) is 17.4. The molecule has 1 aromatic heterocycles. The van der Waals surface area contributed by atoms with Crippen LogP contribution in [-0.4, -0.2) is 22.3 Å². The Bertz CT molecular complexity index is 1080. The number of thiazole rings is 1. The van der Waals surface area contributed by atoms with Gasteiger partial charge in [-0.2, -0.15) is 0 Å². The van der Waals surface area contributed by atoms with Gasteiger partial charge in [0.15, 0.2) is 0 Å². The van der Waals surface area contributed by atoms with Crippen molar-refractivity contribution in [3.63, 3.8) is 0 Å². The molecule has 0 aliphatic carbocycles. The first-order valence-electron chi connectivity index (χ1n) is 10.4. The van der Waals surface area contributed by atoms with E-state index in [-0.39, 0.29) is 23.4 Å². The first-order chi connectivity index (χ1) is 14.4. The van der Waals surface area contributed by atoms with Crippen molar-refractivity contribution in [3.8, 4) is 0 Å². The molecule has 30 heavy (non-hydrogen) atoms. The highest BCUT2D eigenvalue weighted by Gasteiger charge is 2.38. The summed E-state index contributed by atoms with van der Waals surface area (Å²) in [4.78, 5) is 29.1. The summed E-state index contributed by atoms with van der Waals surface area (Å²) in [6, 6.07) is 14.6. The maximum Gasteiger partial charge on any atom is 0.220 e. The Hall–Kier alpha value is -2.73. The Labute approximate surface area is 180 Å². The molecule has 156 valence electrons. The van der Waals surface area contributed by atoms with Crippen molar-refractivity contribution in [3.05, 3.63) is 64.1 Å². The van der Waals surface area contributed by atoms with Crippen LogP contribution in [-0.2, 0) is 16.0 Å². The minimum absolute atomic E-state index is 0.00520. The van der Waals surface area contributed by atoms with Gasteiger partial charge in [0, 0.05) is 29.5 Å². The lowest BCUT2D eigenvalue weighted by atomic mass is 9.84. The highest BCUT2D eigenvalue weighted by molar-refractivity contribution is 7.09. The predicted octanol–water partition coefficient (Wildman–Crippen LogP) is 4.45. The van der Waals surface area contributed by atoms with Crippen LogP contribution in [0.25, 0.3) is 10.8 Å². The van der Waals surface area contributed by atoms with E-state index in [4.69, 9.17) is 0 Å². The fourth-order valence-corrected chi connectivity index (χ4v) is 5.02. The molecule has 6 heteroatoms. The standard InChI is InChI=1S/C24H27N3O2S/c1-16-15-30-23(25-16)17(2)26-21(28)9-11-24(12-10-22(29)27-24)14-18-7-8-19-5-3-4-6-20(19)13-18/h3-8,13,15,17H,9-12,14H2,1-2H3,(H,26,28)(H,27,29)/t17-,24+/m0/s1. The van der Waals surface area contributed by atoms with Crippen LogP contribution in [0.15, 0.2) is 47.8 Å². The quantitative estimate of drug-likeness (QED) is 0.592. The largest absolute Gasteiger partial charge is 0.350 e. The van der Waals surface area contributed by atoms with Crippen molar-refractivity contribution in [2.75, 3.05) is 0 Å². The summed E-state index contributed by atoms with van der Waals surface area (Å²) in [7, 11) is 0. The summed E-state index contributed by atoms with van der Waals surface area (Å²) in [5, 5.41) is 11.5. The molecule has 0 unspecified atom stereocenters. The minimum atomic E-state index is -0.363. The lowest BCUT2D eigenvalue weighted by Gasteiger charge is -2.29. The van der Waals surface area contributed by atoms with Gasteiger partial charge < -0.3 is 10.6 Å². The molecule has 0 saturated carbocycles. The Morgan fingerprint density at radius 3 is 2.77 bits per heavy atom. The van der Waals surface area contributed by atoms with Gasteiger partial charge in [0.2, 0.25) is 11.8 Å². The van der Waals surface area contributed by atoms with Gasteiger partial charge in [-0.15, -0.1) is 11.3 Å². The number of aromatic nitrogens is 1. The molecule has 2 heterocycles. The fraction of sp³-hybridized carbons (Fsp3) is 0.375. The van der Waals surface area contributed by atoms with E-state index in [1.54, 1.807) is 11.3 Å². The van der Waals surface area contributed by atoms with Crippen LogP contribution in [0, 0.1) is 6.92 Å². The second kappa shape index (κ2) is 8.56. The molecule has 1 saturated heterocycles. The maximum absolute atomic E-state index is 12.6. The number of amides is 2. The first kappa shape index (κ1) is 20.5. The average Bonchev–Trinajstić information content (AvgIpc) is 3.32. The Morgan fingerprint density at radius 2 is 2.07 bits per heavy atom. The summed E-state index contributed by atoms with van der Waals surface area (Å²) < 4.78 is 0. The van der Waals surface area contributed by atoms with Gasteiger partial charge in [-0.1, -0.05) is 42.5 Å².